The molecule has 0 aliphatic heterocycles. The maximum absolute atomic E-state index is 7.00. The molecule has 0 aromatic carbocycles. The largest absolute Gasteiger partial charge is 0.414 e. The zero-order valence-corrected chi connectivity index (χ0v) is 23.8. The molecule has 0 radical (unpaired) electrons. The molecule has 32 heavy (non-hydrogen) atoms. The topological polar surface area (TPSA) is 9.23 Å². The molecule has 9 atom stereocenters. The van der Waals surface area contributed by atoms with Crippen molar-refractivity contribution >= 4 is 8.32 Å². The summed E-state index contributed by atoms with van der Waals surface area (Å²) in [5.41, 5.74) is 1.04. The lowest BCUT2D eigenvalue weighted by Crippen LogP contribution is -2.58. The highest BCUT2D eigenvalue weighted by molar-refractivity contribution is 6.69. The summed E-state index contributed by atoms with van der Waals surface area (Å²) < 4.78 is 7.00. The normalized spacial score (nSPS) is 44.8. The van der Waals surface area contributed by atoms with Gasteiger partial charge in [-0.25, -0.2) is 0 Å². The fraction of sp³-hybridized carbons (Fsp3) is 0.933. The molecule has 0 saturated heterocycles. The molecule has 0 heterocycles. The third-order valence-corrected chi connectivity index (χ3v) is 11.9. The van der Waals surface area contributed by atoms with Crippen LogP contribution in [0.3, 0.4) is 0 Å². The maximum atomic E-state index is 7.00. The van der Waals surface area contributed by atoms with Crippen molar-refractivity contribution in [2.45, 2.75) is 125 Å². The second-order valence-corrected chi connectivity index (χ2v) is 18.9. The zero-order valence-electron chi connectivity index (χ0n) is 22.8. The van der Waals surface area contributed by atoms with Crippen LogP contribution in [0.2, 0.25) is 19.6 Å². The predicted molar refractivity (Wildman–Crippen MR) is 141 cm³/mol. The van der Waals surface area contributed by atoms with Gasteiger partial charge in [0.1, 0.15) is 0 Å². The Bertz CT molecular complexity index is 677. The van der Waals surface area contributed by atoms with E-state index in [1.807, 2.05) is 0 Å². The van der Waals surface area contributed by atoms with Crippen molar-refractivity contribution in [3.63, 3.8) is 0 Å². The minimum absolute atomic E-state index is 0.463. The average Bonchev–Trinajstić information content (AvgIpc) is 3.04. The maximum Gasteiger partial charge on any atom is 0.184 e. The molecule has 2 heteroatoms. The number of allylic oxidation sites excluding steroid dienone is 2. The van der Waals surface area contributed by atoms with Crippen LogP contribution in [0.4, 0.5) is 0 Å². The Hall–Kier alpha value is -0.0831. The molecule has 0 unspecified atom stereocenters. The van der Waals surface area contributed by atoms with Gasteiger partial charge in [-0.2, -0.15) is 0 Å². The summed E-state index contributed by atoms with van der Waals surface area (Å²) in [7, 11) is -1.54. The second-order valence-electron chi connectivity index (χ2n) is 14.4. The quantitative estimate of drug-likeness (QED) is 0.273. The first-order valence-electron chi connectivity index (χ1n) is 14.3. The fourth-order valence-electron chi connectivity index (χ4n) is 9.48. The summed E-state index contributed by atoms with van der Waals surface area (Å²) in [6, 6.07) is 0. The van der Waals surface area contributed by atoms with Gasteiger partial charge < -0.3 is 4.43 Å². The van der Waals surface area contributed by atoms with Crippen LogP contribution >= 0.6 is 0 Å². The molecule has 4 aliphatic carbocycles. The van der Waals surface area contributed by atoms with E-state index in [9.17, 15) is 0 Å². The number of hydrogen-bond donors (Lipinski definition) is 0. The molecule has 0 spiro atoms. The zero-order chi connectivity index (χ0) is 23.3. The van der Waals surface area contributed by atoms with E-state index >= 15 is 0 Å². The summed E-state index contributed by atoms with van der Waals surface area (Å²) in [6.07, 6.45) is 19.7. The van der Waals surface area contributed by atoms with Crippen molar-refractivity contribution < 1.29 is 4.43 Å². The SMILES string of the molecule is CC(C)CCC[C@@H](C)[C@H]1CC[C@H]2[C@@H]3C[C@H](O[Si](C)(C)C)[C@H]4CC=CC[C@]4(C)[C@H]3CC[C@]12C. The molecule has 4 rings (SSSR count). The number of rotatable bonds is 7. The Morgan fingerprint density at radius 1 is 0.906 bits per heavy atom. The standard InChI is InChI=1S/C30H54OSi/c1-21(2)12-11-13-22(3)24-15-16-25-23-20-28(31-32(6,7)8)27-14-9-10-18-29(27,4)26(23)17-19-30(24,25)5/h9-10,21-28H,11-20H2,1-8H3/t22-,23+,24-,25+,26+,27-,28+,29-,30-/m1/s1. The third-order valence-electron chi connectivity index (χ3n) is 10.9. The van der Waals surface area contributed by atoms with Gasteiger partial charge in [0.25, 0.3) is 0 Å². The van der Waals surface area contributed by atoms with E-state index in [-0.39, 0.29) is 0 Å². The lowest BCUT2D eigenvalue weighted by atomic mass is 9.44. The average molecular weight is 459 g/mol. The lowest BCUT2D eigenvalue weighted by Gasteiger charge is -2.62. The molecular weight excluding hydrogens is 404 g/mol. The Kier molecular flexibility index (Phi) is 7.17. The first-order valence-corrected chi connectivity index (χ1v) is 17.7. The highest BCUT2D eigenvalue weighted by Gasteiger charge is 2.62. The monoisotopic (exact) mass is 458 g/mol. The molecule has 184 valence electrons. The summed E-state index contributed by atoms with van der Waals surface area (Å²) in [5, 5.41) is 0. The highest BCUT2D eigenvalue weighted by Crippen LogP contribution is 2.68. The van der Waals surface area contributed by atoms with Gasteiger partial charge in [-0.15, -0.1) is 0 Å². The van der Waals surface area contributed by atoms with Crippen LogP contribution in [0, 0.1) is 52.3 Å². The number of hydrogen-bond acceptors (Lipinski definition) is 1. The van der Waals surface area contributed by atoms with E-state index in [2.05, 4.69) is 66.4 Å². The first kappa shape index (κ1) is 25.0. The van der Waals surface area contributed by atoms with Gasteiger partial charge in [0.2, 0.25) is 0 Å². The van der Waals surface area contributed by atoms with Crippen molar-refractivity contribution in [2.75, 3.05) is 0 Å². The van der Waals surface area contributed by atoms with Crippen LogP contribution in [0.5, 0.6) is 0 Å². The minimum Gasteiger partial charge on any atom is -0.414 e. The third kappa shape index (κ3) is 4.58. The van der Waals surface area contributed by atoms with Crippen molar-refractivity contribution in [3.05, 3.63) is 12.2 Å². The van der Waals surface area contributed by atoms with Crippen LogP contribution in [0.15, 0.2) is 12.2 Å². The second kappa shape index (κ2) is 9.18. The van der Waals surface area contributed by atoms with Crippen molar-refractivity contribution in [3.8, 4) is 0 Å². The Morgan fingerprint density at radius 2 is 1.62 bits per heavy atom. The van der Waals surface area contributed by atoms with E-state index in [0.717, 1.165) is 41.4 Å². The fourth-order valence-corrected chi connectivity index (χ4v) is 10.6. The predicted octanol–water partition coefficient (Wildman–Crippen LogP) is 9.10. The van der Waals surface area contributed by atoms with Gasteiger partial charge in [0.15, 0.2) is 8.32 Å². The Balaban J connectivity index is 1.55. The van der Waals surface area contributed by atoms with Crippen LogP contribution in [0.1, 0.15) is 98.8 Å². The van der Waals surface area contributed by atoms with Crippen LogP contribution in [-0.2, 0) is 4.43 Å². The van der Waals surface area contributed by atoms with Crippen LogP contribution in [-0.4, -0.2) is 14.4 Å². The minimum atomic E-state index is -1.54. The van der Waals surface area contributed by atoms with Crippen molar-refractivity contribution in [1.29, 1.82) is 0 Å². The summed E-state index contributed by atoms with van der Waals surface area (Å²) in [4.78, 5) is 0. The molecule has 0 amide bonds. The van der Waals surface area contributed by atoms with E-state index in [1.165, 1.54) is 64.2 Å². The van der Waals surface area contributed by atoms with Gasteiger partial charge in [-0.1, -0.05) is 66.0 Å². The van der Waals surface area contributed by atoms with E-state index in [4.69, 9.17) is 4.43 Å². The molecule has 4 aliphatic rings. The Labute approximate surface area is 201 Å². The van der Waals surface area contributed by atoms with Gasteiger partial charge in [0.05, 0.1) is 0 Å². The Morgan fingerprint density at radius 3 is 2.31 bits per heavy atom. The van der Waals surface area contributed by atoms with Crippen LogP contribution < -0.4 is 0 Å². The van der Waals surface area contributed by atoms with Gasteiger partial charge in [-0.3, -0.25) is 0 Å². The van der Waals surface area contributed by atoms with Gasteiger partial charge in [0, 0.05) is 6.10 Å². The molecule has 3 fully saturated rings. The summed E-state index contributed by atoms with van der Waals surface area (Å²) in [5.74, 6) is 6.22. The summed E-state index contributed by atoms with van der Waals surface area (Å²) in [6.45, 7) is 20.0. The molecule has 0 bridgehead atoms. The summed E-state index contributed by atoms with van der Waals surface area (Å²) >= 11 is 0. The molecule has 1 nitrogen and oxygen atoms in total. The van der Waals surface area contributed by atoms with Crippen molar-refractivity contribution in [1.82, 2.24) is 0 Å². The molecular formula is C30H54OSi. The van der Waals surface area contributed by atoms with Gasteiger partial charge in [-0.05, 0) is 117 Å². The van der Waals surface area contributed by atoms with Gasteiger partial charge >= 0.3 is 0 Å². The lowest BCUT2D eigenvalue weighted by molar-refractivity contribution is -0.141. The van der Waals surface area contributed by atoms with Crippen LogP contribution in [0.25, 0.3) is 0 Å². The van der Waals surface area contributed by atoms with E-state index < -0.39 is 8.32 Å². The molecule has 0 N–H and O–H groups in total. The van der Waals surface area contributed by atoms with Crippen molar-refractivity contribution in [2.24, 2.45) is 52.3 Å². The first-order chi connectivity index (χ1) is 15.0. The molecule has 0 aromatic rings. The van der Waals surface area contributed by atoms with E-state index in [0.29, 0.717) is 16.9 Å². The molecule has 0 aromatic heterocycles. The van der Waals surface area contributed by atoms with E-state index in [1.54, 1.807) is 0 Å². The molecule has 3 saturated carbocycles. The number of fused-ring (bicyclic) bond motifs is 5. The highest BCUT2D eigenvalue weighted by atomic mass is 28.4. The smallest absolute Gasteiger partial charge is 0.184 e.